The van der Waals surface area contributed by atoms with E-state index >= 15 is 0 Å². The Kier molecular flexibility index (Phi) is 7.11. The summed E-state index contributed by atoms with van der Waals surface area (Å²) in [5.41, 5.74) is 0.836. The van der Waals surface area contributed by atoms with Gasteiger partial charge in [-0.3, -0.25) is 4.79 Å². The van der Waals surface area contributed by atoms with Crippen LogP contribution in [0.1, 0.15) is 25.8 Å². The van der Waals surface area contributed by atoms with E-state index in [9.17, 15) is 9.18 Å². The molecule has 0 unspecified atom stereocenters. The third kappa shape index (κ3) is 6.34. The standard InChI is InChI=1S/C15H23FN2O/c1-3-18(4-2)11-5-10-17-15(19)12-13-6-8-14(16)9-7-13/h6-9H,3-5,10-12H2,1-2H3,(H,17,19). The first-order valence-electron chi connectivity index (χ1n) is 6.89. The van der Waals surface area contributed by atoms with Crippen LogP contribution >= 0.6 is 0 Å². The van der Waals surface area contributed by atoms with Crippen molar-refractivity contribution in [1.82, 2.24) is 10.2 Å². The fourth-order valence-electron chi connectivity index (χ4n) is 1.92. The van der Waals surface area contributed by atoms with Crippen molar-refractivity contribution in [3.05, 3.63) is 35.6 Å². The number of rotatable bonds is 8. The predicted octanol–water partition coefficient (Wildman–Crippen LogP) is 2.22. The summed E-state index contributed by atoms with van der Waals surface area (Å²) < 4.78 is 12.7. The van der Waals surface area contributed by atoms with Gasteiger partial charge in [-0.15, -0.1) is 0 Å². The van der Waals surface area contributed by atoms with Crippen molar-refractivity contribution in [1.29, 1.82) is 0 Å². The number of nitrogens with zero attached hydrogens (tertiary/aromatic N) is 1. The Morgan fingerprint density at radius 2 is 1.84 bits per heavy atom. The summed E-state index contributed by atoms with van der Waals surface area (Å²) in [6, 6.07) is 6.04. The van der Waals surface area contributed by atoms with E-state index in [4.69, 9.17) is 0 Å². The van der Waals surface area contributed by atoms with Gasteiger partial charge in [0, 0.05) is 6.54 Å². The molecule has 0 radical (unpaired) electrons. The van der Waals surface area contributed by atoms with Crippen LogP contribution in [0.5, 0.6) is 0 Å². The van der Waals surface area contributed by atoms with E-state index in [1.807, 2.05) is 0 Å². The van der Waals surface area contributed by atoms with Crippen LogP contribution < -0.4 is 5.32 Å². The lowest BCUT2D eigenvalue weighted by Crippen LogP contribution is -2.30. The molecule has 0 heterocycles. The first kappa shape index (κ1) is 15.6. The number of amides is 1. The molecule has 0 saturated carbocycles. The van der Waals surface area contributed by atoms with Crippen LogP contribution in [0.15, 0.2) is 24.3 Å². The van der Waals surface area contributed by atoms with Crippen molar-refractivity contribution in [3.63, 3.8) is 0 Å². The molecule has 0 bridgehead atoms. The second kappa shape index (κ2) is 8.64. The molecular weight excluding hydrogens is 243 g/mol. The van der Waals surface area contributed by atoms with Gasteiger partial charge >= 0.3 is 0 Å². The predicted molar refractivity (Wildman–Crippen MR) is 75.5 cm³/mol. The SMILES string of the molecule is CCN(CC)CCCNC(=O)Cc1ccc(F)cc1. The van der Waals surface area contributed by atoms with Crippen molar-refractivity contribution >= 4 is 5.91 Å². The van der Waals surface area contributed by atoms with Crippen molar-refractivity contribution < 1.29 is 9.18 Å². The van der Waals surface area contributed by atoms with Crippen molar-refractivity contribution in [3.8, 4) is 0 Å². The van der Waals surface area contributed by atoms with E-state index in [1.165, 1.54) is 12.1 Å². The smallest absolute Gasteiger partial charge is 0.224 e. The molecule has 106 valence electrons. The molecule has 1 amide bonds. The molecule has 1 rings (SSSR count). The molecule has 1 N–H and O–H groups in total. The molecule has 0 fully saturated rings. The molecule has 0 spiro atoms. The molecule has 3 nitrogen and oxygen atoms in total. The van der Waals surface area contributed by atoms with Gasteiger partial charge < -0.3 is 10.2 Å². The normalized spacial score (nSPS) is 10.7. The van der Waals surface area contributed by atoms with E-state index in [1.54, 1.807) is 12.1 Å². The minimum atomic E-state index is -0.275. The second-order valence-electron chi connectivity index (χ2n) is 4.53. The molecule has 19 heavy (non-hydrogen) atoms. The third-order valence-corrected chi connectivity index (χ3v) is 3.15. The summed E-state index contributed by atoms with van der Waals surface area (Å²) in [6.07, 6.45) is 1.27. The van der Waals surface area contributed by atoms with Gasteiger partial charge in [0.1, 0.15) is 5.82 Å². The first-order valence-corrected chi connectivity index (χ1v) is 6.89. The van der Waals surface area contributed by atoms with Crippen molar-refractivity contribution in [2.24, 2.45) is 0 Å². The van der Waals surface area contributed by atoms with E-state index < -0.39 is 0 Å². The Morgan fingerprint density at radius 1 is 1.21 bits per heavy atom. The number of carbonyl (C=O) groups is 1. The molecule has 4 heteroatoms. The average Bonchev–Trinajstić information content (AvgIpc) is 2.42. The largest absolute Gasteiger partial charge is 0.356 e. The van der Waals surface area contributed by atoms with Crippen LogP contribution in [-0.4, -0.2) is 37.0 Å². The van der Waals surface area contributed by atoms with Crippen LogP contribution in [0.2, 0.25) is 0 Å². The molecule has 0 aromatic heterocycles. The number of hydrogen-bond acceptors (Lipinski definition) is 2. The average molecular weight is 266 g/mol. The number of benzene rings is 1. The zero-order valence-corrected chi connectivity index (χ0v) is 11.8. The van der Waals surface area contributed by atoms with Gasteiger partial charge in [0.05, 0.1) is 6.42 Å². The zero-order valence-electron chi connectivity index (χ0n) is 11.8. The lowest BCUT2D eigenvalue weighted by atomic mass is 10.1. The van der Waals surface area contributed by atoms with Crippen LogP contribution in [0, 0.1) is 5.82 Å². The molecular formula is C15H23FN2O. The number of carbonyl (C=O) groups excluding carboxylic acids is 1. The summed E-state index contributed by atoms with van der Waals surface area (Å²) in [7, 11) is 0. The van der Waals surface area contributed by atoms with Crippen molar-refractivity contribution in [2.75, 3.05) is 26.2 Å². The van der Waals surface area contributed by atoms with E-state index in [-0.39, 0.29) is 11.7 Å². The topological polar surface area (TPSA) is 32.3 Å². The van der Waals surface area contributed by atoms with Gasteiger partial charge in [-0.05, 0) is 43.8 Å². The van der Waals surface area contributed by atoms with Gasteiger partial charge in [-0.25, -0.2) is 4.39 Å². The van der Waals surface area contributed by atoms with Crippen LogP contribution in [0.4, 0.5) is 4.39 Å². The summed E-state index contributed by atoms with van der Waals surface area (Å²) in [5, 5.41) is 2.89. The zero-order chi connectivity index (χ0) is 14.1. The lowest BCUT2D eigenvalue weighted by Gasteiger charge is -2.17. The van der Waals surface area contributed by atoms with Gasteiger partial charge in [0.15, 0.2) is 0 Å². The number of hydrogen-bond donors (Lipinski definition) is 1. The Balaban J connectivity index is 2.19. The minimum absolute atomic E-state index is 0.00819. The fourth-order valence-corrected chi connectivity index (χ4v) is 1.92. The maximum Gasteiger partial charge on any atom is 0.224 e. The molecule has 0 aliphatic heterocycles. The quantitative estimate of drug-likeness (QED) is 0.732. The highest BCUT2D eigenvalue weighted by Crippen LogP contribution is 2.03. The molecule has 1 aromatic rings. The Labute approximate surface area is 114 Å². The van der Waals surface area contributed by atoms with Gasteiger partial charge in [0.2, 0.25) is 5.91 Å². The number of halogens is 1. The molecule has 0 aliphatic carbocycles. The van der Waals surface area contributed by atoms with Crippen molar-refractivity contribution in [2.45, 2.75) is 26.7 Å². The summed E-state index contributed by atoms with van der Waals surface area (Å²) in [4.78, 5) is 14.0. The molecule has 0 atom stereocenters. The summed E-state index contributed by atoms with van der Waals surface area (Å²) >= 11 is 0. The molecule has 0 aliphatic rings. The highest BCUT2D eigenvalue weighted by molar-refractivity contribution is 5.78. The van der Waals surface area contributed by atoms with Gasteiger partial charge in [-0.1, -0.05) is 26.0 Å². The lowest BCUT2D eigenvalue weighted by molar-refractivity contribution is -0.120. The summed E-state index contributed by atoms with van der Waals surface area (Å²) in [6.45, 7) is 8.05. The number of nitrogens with one attached hydrogen (secondary N) is 1. The monoisotopic (exact) mass is 266 g/mol. The van der Waals surface area contributed by atoms with E-state index in [2.05, 4.69) is 24.1 Å². The summed E-state index contributed by atoms with van der Waals surface area (Å²) in [5.74, 6) is -0.283. The first-order chi connectivity index (χ1) is 9.15. The fraction of sp³-hybridized carbons (Fsp3) is 0.533. The second-order valence-corrected chi connectivity index (χ2v) is 4.53. The van der Waals surface area contributed by atoms with Crippen LogP contribution in [0.3, 0.4) is 0 Å². The maximum absolute atomic E-state index is 12.7. The highest BCUT2D eigenvalue weighted by atomic mass is 19.1. The maximum atomic E-state index is 12.7. The molecule has 0 saturated heterocycles. The van der Waals surface area contributed by atoms with Gasteiger partial charge in [-0.2, -0.15) is 0 Å². The molecule has 1 aromatic carbocycles. The Morgan fingerprint density at radius 3 is 2.42 bits per heavy atom. The Hall–Kier alpha value is -1.42. The van der Waals surface area contributed by atoms with E-state index in [0.717, 1.165) is 31.6 Å². The van der Waals surface area contributed by atoms with Crippen LogP contribution in [-0.2, 0) is 11.2 Å². The van der Waals surface area contributed by atoms with Crippen LogP contribution in [0.25, 0.3) is 0 Å². The Bertz CT molecular complexity index is 374. The van der Waals surface area contributed by atoms with Gasteiger partial charge in [0.25, 0.3) is 0 Å². The van der Waals surface area contributed by atoms with E-state index in [0.29, 0.717) is 13.0 Å². The minimum Gasteiger partial charge on any atom is -0.356 e. The third-order valence-electron chi connectivity index (χ3n) is 3.15. The highest BCUT2D eigenvalue weighted by Gasteiger charge is 2.03.